The highest BCUT2D eigenvalue weighted by Gasteiger charge is 2.27. The number of hydrogen-bond donors (Lipinski definition) is 1. The van der Waals surface area contributed by atoms with Gasteiger partial charge in [0.2, 0.25) is 5.91 Å². The van der Waals surface area contributed by atoms with Crippen LogP contribution in [0.15, 0.2) is 48.5 Å². The number of hydrogen-bond acceptors (Lipinski definition) is 5. The van der Waals surface area contributed by atoms with Gasteiger partial charge in [-0.05, 0) is 72.2 Å². The summed E-state index contributed by atoms with van der Waals surface area (Å²) < 4.78 is 0. The monoisotopic (exact) mass is 523 g/mol. The molecule has 2 aromatic rings. The van der Waals surface area contributed by atoms with Crippen LogP contribution in [0, 0.1) is 6.92 Å². The molecule has 0 saturated carbocycles. The van der Waals surface area contributed by atoms with Gasteiger partial charge in [0.25, 0.3) is 0 Å². The molecule has 212 valence electrons. The van der Waals surface area contributed by atoms with Gasteiger partial charge in [-0.1, -0.05) is 37.8 Å². The lowest BCUT2D eigenvalue weighted by atomic mass is 10.0. The largest absolute Gasteiger partial charge is 0.369 e. The summed E-state index contributed by atoms with van der Waals surface area (Å²) >= 11 is 0. The van der Waals surface area contributed by atoms with Crippen LogP contribution in [0.1, 0.15) is 61.5 Å². The molecule has 1 amide bonds. The number of carbonyl (C=O) groups is 1. The molecule has 6 heteroatoms. The second-order valence-electron chi connectivity index (χ2n) is 12.3. The summed E-state index contributed by atoms with van der Waals surface area (Å²) in [6, 6.07) is 16.7. The predicted molar refractivity (Wildman–Crippen MR) is 166 cm³/mol. The van der Waals surface area contributed by atoms with Crippen molar-refractivity contribution in [2.45, 2.75) is 73.9 Å². The van der Waals surface area contributed by atoms with E-state index in [9.17, 15) is 4.79 Å². The minimum Gasteiger partial charge on any atom is -0.369 e. The molecule has 0 radical (unpaired) electrons. The lowest BCUT2D eigenvalue weighted by Gasteiger charge is -2.43. The van der Waals surface area contributed by atoms with Gasteiger partial charge in [-0.15, -0.1) is 0 Å². The molecular weight excluding hydrogens is 470 g/mol. The number of carbonyl (C=O) groups excluding carboxylic acids is 1. The average molecular weight is 524 g/mol. The van der Waals surface area contributed by atoms with Crippen LogP contribution in [0.4, 0.5) is 17.1 Å². The first kappa shape index (κ1) is 31.6. The number of benzene rings is 2. The van der Waals surface area contributed by atoms with Crippen LogP contribution in [0.2, 0.25) is 0 Å². The average Bonchev–Trinajstić information content (AvgIpc) is 2.84. The fourth-order valence-electron chi connectivity index (χ4n) is 5.20. The molecule has 4 rings (SSSR count). The van der Waals surface area contributed by atoms with Gasteiger partial charge < -0.3 is 15.1 Å². The van der Waals surface area contributed by atoms with Gasteiger partial charge in [-0.2, -0.15) is 0 Å². The molecule has 2 saturated heterocycles. The van der Waals surface area contributed by atoms with Crippen molar-refractivity contribution in [2.75, 3.05) is 67.5 Å². The van der Waals surface area contributed by atoms with Gasteiger partial charge in [-0.3, -0.25) is 14.6 Å². The third kappa shape index (κ3) is 8.74. The topological polar surface area (TPSA) is 42.1 Å². The van der Waals surface area contributed by atoms with E-state index in [2.05, 4.69) is 104 Å². The Kier molecular flexibility index (Phi) is 11.2. The van der Waals surface area contributed by atoms with E-state index in [1.165, 1.54) is 11.3 Å². The molecule has 0 unspecified atom stereocenters. The lowest BCUT2D eigenvalue weighted by Crippen LogP contribution is -2.53. The Bertz CT molecular complexity index is 1010. The maximum atomic E-state index is 11.3. The molecule has 2 aromatic carbocycles. The van der Waals surface area contributed by atoms with Crippen LogP contribution >= 0.6 is 0 Å². The first-order valence-electron chi connectivity index (χ1n) is 13.8. The zero-order chi connectivity index (χ0) is 27.2. The second-order valence-corrected chi connectivity index (χ2v) is 12.3. The van der Waals surface area contributed by atoms with Gasteiger partial charge in [0, 0.05) is 76.0 Å². The van der Waals surface area contributed by atoms with Crippen molar-refractivity contribution >= 4 is 23.0 Å². The number of anilines is 3. The summed E-state index contributed by atoms with van der Waals surface area (Å²) in [5.41, 5.74) is 5.35. The summed E-state index contributed by atoms with van der Waals surface area (Å²) in [5.74, 6) is -0.0224. The normalized spacial score (nSPS) is 17.3. The zero-order valence-corrected chi connectivity index (χ0v) is 24.5. The van der Waals surface area contributed by atoms with Crippen molar-refractivity contribution in [1.82, 2.24) is 9.80 Å². The predicted octanol–water partition coefficient (Wildman–Crippen LogP) is 6.12. The van der Waals surface area contributed by atoms with Crippen LogP contribution in [-0.4, -0.2) is 79.1 Å². The van der Waals surface area contributed by atoms with Crippen molar-refractivity contribution in [3.05, 3.63) is 54.1 Å². The Hall–Kier alpha value is -2.57. The number of aryl methyl sites for hydroxylation is 1. The summed E-state index contributed by atoms with van der Waals surface area (Å²) in [5, 5.41) is 2.92. The molecule has 0 atom stereocenters. The molecule has 0 aliphatic carbocycles. The standard InChI is InChI=1S/C16H25N3O.C15H24N2.CH4/c1-13(20)17-14-7-5-6-8-15(14)18-9-11-19(12-10-18)16(2,3)4;1-13-7-5-6-8-14(13)16-9-11-17(12-10-16)15(2,3)4;/h5-8H,9-12H2,1-4H3,(H,17,20);5-8H,9-12H2,1-4H3;1H4. The van der Waals surface area contributed by atoms with E-state index in [1.807, 2.05) is 18.2 Å². The first-order valence-corrected chi connectivity index (χ1v) is 13.8. The number of para-hydroxylation sites is 3. The highest BCUT2D eigenvalue weighted by Crippen LogP contribution is 2.28. The fraction of sp³-hybridized carbons (Fsp3) is 0.594. The van der Waals surface area contributed by atoms with E-state index in [4.69, 9.17) is 0 Å². The molecule has 0 spiro atoms. The Labute approximate surface area is 233 Å². The van der Waals surface area contributed by atoms with Crippen LogP contribution in [0.5, 0.6) is 0 Å². The molecule has 1 N–H and O–H groups in total. The lowest BCUT2D eigenvalue weighted by molar-refractivity contribution is -0.114. The van der Waals surface area contributed by atoms with Gasteiger partial charge in [-0.25, -0.2) is 0 Å². The summed E-state index contributed by atoms with van der Waals surface area (Å²) in [6.45, 7) is 26.1. The van der Waals surface area contributed by atoms with E-state index in [0.29, 0.717) is 5.54 Å². The number of nitrogens with one attached hydrogen (secondary N) is 1. The fourth-order valence-corrected chi connectivity index (χ4v) is 5.20. The molecular formula is C32H53N5O. The van der Waals surface area contributed by atoms with Gasteiger partial charge >= 0.3 is 0 Å². The Morgan fingerprint density at radius 1 is 0.658 bits per heavy atom. The maximum Gasteiger partial charge on any atom is 0.221 e. The molecule has 2 aliphatic rings. The summed E-state index contributed by atoms with van der Waals surface area (Å²) in [4.78, 5) is 21.2. The van der Waals surface area contributed by atoms with Crippen LogP contribution in [-0.2, 0) is 4.79 Å². The quantitative estimate of drug-likeness (QED) is 0.525. The molecule has 38 heavy (non-hydrogen) atoms. The summed E-state index contributed by atoms with van der Waals surface area (Å²) in [7, 11) is 0. The Balaban J connectivity index is 0.000000263. The molecule has 2 heterocycles. The molecule has 2 aliphatic heterocycles. The van der Waals surface area contributed by atoms with Gasteiger partial charge in [0.05, 0.1) is 11.4 Å². The molecule has 0 aromatic heterocycles. The third-order valence-electron chi connectivity index (χ3n) is 7.47. The van der Waals surface area contributed by atoms with Crippen molar-refractivity contribution in [2.24, 2.45) is 0 Å². The van der Waals surface area contributed by atoms with E-state index in [1.54, 1.807) is 6.92 Å². The third-order valence-corrected chi connectivity index (χ3v) is 7.47. The first-order chi connectivity index (χ1) is 17.4. The number of amides is 1. The van der Waals surface area contributed by atoms with Crippen molar-refractivity contribution in [3.63, 3.8) is 0 Å². The van der Waals surface area contributed by atoms with Gasteiger partial charge in [0.1, 0.15) is 0 Å². The minimum atomic E-state index is -0.0224. The van der Waals surface area contributed by atoms with E-state index < -0.39 is 0 Å². The minimum absolute atomic E-state index is 0. The smallest absolute Gasteiger partial charge is 0.221 e. The second kappa shape index (κ2) is 13.5. The van der Waals surface area contributed by atoms with Crippen LogP contribution in [0.3, 0.4) is 0 Å². The van der Waals surface area contributed by atoms with Gasteiger partial charge in [0.15, 0.2) is 0 Å². The highest BCUT2D eigenvalue weighted by molar-refractivity contribution is 5.92. The molecule has 6 nitrogen and oxygen atoms in total. The number of nitrogens with zero attached hydrogens (tertiary/aromatic N) is 4. The number of rotatable bonds is 3. The van der Waals surface area contributed by atoms with E-state index in [-0.39, 0.29) is 18.9 Å². The number of piperazine rings is 2. The zero-order valence-electron chi connectivity index (χ0n) is 24.5. The van der Waals surface area contributed by atoms with Crippen molar-refractivity contribution in [3.8, 4) is 0 Å². The van der Waals surface area contributed by atoms with E-state index in [0.717, 1.165) is 63.7 Å². The summed E-state index contributed by atoms with van der Waals surface area (Å²) in [6.07, 6.45) is 0. The highest BCUT2D eigenvalue weighted by atomic mass is 16.1. The van der Waals surface area contributed by atoms with Crippen molar-refractivity contribution < 1.29 is 4.79 Å². The van der Waals surface area contributed by atoms with Crippen LogP contribution < -0.4 is 15.1 Å². The van der Waals surface area contributed by atoms with Crippen LogP contribution in [0.25, 0.3) is 0 Å². The van der Waals surface area contributed by atoms with E-state index >= 15 is 0 Å². The maximum absolute atomic E-state index is 11.3. The Morgan fingerprint density at radius 2 is 1.05 bits per heavy atom. The van der Waals surface area contributed by atoms with Crippen molar-refractivity contribution in [1.29, 1.82) is 0 Å². The SMILES string of the molecule is C.CC(=O)Nc1ccccc1N1CCN(C(C)(C)C)CC1.Cc1ccccc1N1CCN(C(C)(C)C)CC1. The molecule has 0 bridgehead atoms. The Morgan fingerprint density at radius 3 is 1.47 bits per heavy atom. The molecule has 2 fully saturated rings.